The fraction of sp³-hybridized carbons (Fsp3) is 0.286. The number of rotatable bonds is 3. The van der Waals surface area contributed by atoms with Crippen LogP contribution >= 0.6 is 11.6 Å². The second-order valence-electron chi connectivity index (χ2n) is 3.90. The third kappa shape index (κ3) is 2.83. The second kappa shape index (κ2) is 5.28. The molecular weight excluding hydrogens is 232 g/mol. The first-order valence-electron chi connectivity index (χ1n) is 5.85. The summed E-state index contributed by atoms with van der Waals surface area (Å²) >= 11 is 5.99. The molecule has 0 radical (unpaired) electrons. The second-order valence-corrected chi connectivity index (χ2v) is 4.28. The summed E-state index contributed by atoms with van der Waals surface area (Å²) in [5.41, 5.74) is 3.30. The predicted molar refractivity (Wildman–Crippen MR) is 71.2 cm³/mol. The summed E-state index contributed by atoms with van der Waals surface area (Å²) in [5, 5.41) is 0.506. The zero-order valence-electron chi connectivity index (χ0n) is 10.1. The van der Waals surface area contributed by atoms with E-state index in [1.807, 2.05) is 13.0 Å². The van der Waals surface area contributed by atoms with Gasteiger partial charge < -0.3 is 0 Å². The standard InChI is InChI=1S/C14H15ClN2/c1-3-10-5-7-11(8-6-10)12-9-13(15)17-14(4-2)16-12/h5-9H,3-4H2,1-2H3. The molecule has 88 valence electrons. The minimum Gasteiger partial charge on any atom is -0.233 e. The maximum atomic E-state index is 5.99. The van der Waals surface area contributed by atoms with E-state index in [4.69, 9.17) is 11.6 Å². The molecule has 0 aliphatic heterocycles. The first-order chi connectivity index (χ1) is 8.22. The van der Waals surface area contributed by atoms with Gasteiger partial charge in [-0.3, -0.25) is 0 Å². The molecule has 0 fully saturated rings. The van der Waals surface area contributed by atoms with Crippen molar-refractivity contribution in [1.29, 1.82) is 0 Å². The highest BCUT2D eigenvalue weighted by molar-refractivity contribution is 6.29. The number of hydrogen-bond acceptors (Lipinski definition) is 2. The lowest BCUT2D eigenvalue weighted by atomic mass is 10.1. The topological polar surface area (TPSA) is 25.8 Å². The average Bonchev–Trinajstić information content (AvgIpc) is 2.38. The molecule has 2 aromatic rings. The Morgan fingerprint density at radius 1 is 1.00 bits per heavy atom. The SMILES string of the molecule is CCc1ccc(-c2cc(Cl)nc(CC)n2)cc1. The van der Waals surface area contributed by atoms with Crippen molar-refractivity contribution < 1.29 is 0 Å². The Hall–Kier alpha value is -1.41. The number of hydrogen-bond donors (Lipinski definition) is 0. The smallest absolute Gasteiger partial charge is 0.133 e. The van der Waals surface area contributed by atoms with Crippen LogP contribution in [0.1, 0.15) is 25.2 Å². The summed E-state index contributed by atoms with van der Waals surface area (Å²) in [4.78, 5) is 8.65. The monoisotopic (exact) mass is 246 g/mol. The number of benzene rings is 1. The molecule has 0 saturated heterocycles. The van der Waals surface area contributed by atoms with Crippen LogP contribution in [0.25, 0.3) is 11.3 Å². The van der Waals surface area contributed by atoms with Crippen LogP contribution in [-0.4, -0.2) is 9.97 Å². The highest BCUT2D eigenvalue weighted by Gasteiger charge is 2.04. The predicted octanol–water partition coefficient (Wildman–Crippen LogP) is 3.92. The van der Waals surface area contributed by atoms with Gasteiger partial charge in [0.05, 0.1) is 5.69 Å². The van der Waals surface area contributed by atoms with Crippen LogP contribution in [0.5, 0.6) is 0 Å². The molecule has 0 unspecified atom stereocenters. The molecule has 2 rings (SSSR count). The minimum absolute atomic E-state index is 0.506. The summed E-state index contributed by atoms with van der Waals surface area (Å²) in [6, 6.07) is 10.2. The van der Waals surface area contributed by atoms with E-state index >= 15 is 0 Å². The largest absolute Gasteiger partial charge is 0.233 e. The minimum atomic E-state index is 0.506. The summed E-state index contributed by atoms with van der Waals surface area (Å²) in [6.45, 7) is 4.17. The summed E-state index contributed by atoms with van der Waals surface area (Å²) in [6.07, 6.45) is 1.84. The van der Waals surface area contributed by atoms with Gasteiger partial charge in [0.2, 0.25) is 0 Å². The molecule has 2 nitrogen and oxygen atoms in total. The summed E-state index contributed by atoms with van der Waals surface area (Å²) < 4.78 is 0. The average molecular weight is 247 g/mol. The van der Waals surface area contributed by atoms with Crippen molar-refractivity contribution >= 4 is 11.6 Å². The third-order valence-corrected chi connectivity index (χ3v) is 2.91. The van der Waals surface area contributed by atoms with E-state index in [1.54, 1.807) is 0 Å². The van der Waals surface area contributed by atoms with Crippen LogP contribution in [0.15, 0.2) is 30.3 Å². The van der Waals surface area contributed by atoms with Crippen molar-refractivity contribution in [3.63, 3.8) is 0 Å². The van der Waals surface area contributed by atoms with E-state index in [0.717, 1.165) is 29.9 Å². The van der Waals surface area contributed by atoms with Gasteiger partial charge >= 0.3 is 0 Å². The van der Waals surface area contributed by atoms with Gasteiger partial charge in [-0.05, 0) is 12.0 Å². The van der Waals surface area contributed by atoms with E-state index in [1.165, 1.54) is 5.56 Å². The van der Waals surface area contributed by atoms with Gasteiger partial charge in [-0.15, -0.1) is 0 Å². The van der Waals surface area contributed by atoms with Crippen molar-refractivity contribution in [2.75, 3.05) is 0 Å². The number of nitrogens with zero attached hydrogens (tertiary/aromatic N) is 2. The van der Waals surface area contributed by atoms with Crippen LogP contribution in [0.2, 0.25) is 5.15 Å². The molecule has 0 aliphatic rings. The molecule has 0 aliphatic carbocycles. The molecule has 1 heterocycles. The maximum absolute atomic E-state index is 5.99. The van der Waals surface area contributed by atoms with Gasteiger partial charge in [-0.25, -0.2) is 9.97 Å². The van der Waals surface area contributed by atoms with Gasteiger partial charge in [0.15, 0.2) is 0 Å². The fourth-order valence-corrected chi connectivity index (χ4v) is 1.88. The van der Waals surface area contributed by atoms with Crippen molar-refractivity contribution in [1.82, 2.24) is 9.97 Å². The molecule has 0 atom stereocenters. The van der Waals surface area contributed by atoms with Gasteiger partial charge in [0.1, 0.15) is 11.0 Å². The summed E-state index contributed by atoms with van der Waals surface area (Å²) in [5.74, 6) is 0.784. The number of halogens is 1. The molecule has 1 aromatic heterocycles. The normalized spacial score (nSPS) is 10.5. The maximum Gasteiger partial charge on any atom is 0.133 e. The Balaban J connectivity index is 2.41. The molecule has 0 spiro atoms. The Kier molecular flexibility index (Phi) is 3.75. The molecule has 17 heavy (non-hydrogen) atoms. The first kappa shape index (κ1) is 12.1. The van der Waals surface area contributed by atoms with Crippen LogP contribution < -0.4 is 0 Å². The highest BCUT2D eigenvalue weighted by atomic mass is 35.5. The van der Waals surface area contributed by atoms with E-state index in [2.05, 4.69) is 41.2 Å². The van der Waals surface area contributed by atoms with Gasteiger partial charge in [0.25, 0.3) is 0 Å². The lowest BCUT2D eigenvalue weighted by Crippen LogP contribution is -1.95. The fourth-order valence-electron chi connectivity index (χ4n) is 1.68. The Labute approximate surface area is 107 Å². The molecular formula is C14H15ClN2. The van der Waals surface area contributed by atoms with E-state index in [-0.39, 0.29) is 0 Å². The lowest BCUT2D eigenvalue weighted by Gasteiger charge is -2.05. The van der Waals surface area contributed by atoms with E-state index in [9.17, 15) is 0 Å². The summed E-state index contributed by atoms with van der Waals surface area (Å²) in [7, 11) is 0. The molecule has 1 aromatic carbocycles. The van der Waals surface area contributed by atoms with Crippen LogP contribution in [0.4, 0.5) is 0 Å². The van der Waals surface area contributed by atoms with Crippen molar-refractivity contribution in [3.05, 3.63) is 46.9 Å². The quantitative estimate of drug-likeness (QED) is 0.767. The molecule has 3 heteroatoms. The molecule has 0 N–H and O–H groups in total. The van der Waals surface area contributed by atoms with Gasteiger partial charge in [0, 0.05) is 18.1 Å². The van der Waals surface area contributed by atoms with E-state index in [0.29, 0.717) is 5.15 Å². The number of aryl methyl sites for hydroxylation is 2. The van der Waals surface area contributed by atoms with Crippen molar-refractivity contribution in [2.45, 2.75) is 26.7 Å². The molecule has 0 bridgehead atoms. The Morgan fingerprint density at radius 3 is 2.29 bits per heavy atom. The highest BCUT2D eigenvalue weighted by Crippen LogP contribution is 2.20. The number of aromatic nitrogens is 2. The van der Waals surface area contributed by atoms with Crippen molar-refractivity contribution in [2.24, 2.45) is 0 Å². The van der Waals surface area contributed by atoms with Crippen LogP contribution in [0.3, 0.4) is 0 Å². The van der Waals surface area contributed by atoms with Gasteiger partial charge in [-0.1, -0.05) is 49.7 Å². The van der Waals surface area contributed by atoms with Crippen LogP contribution in [0, 0.1) is 0 Å². The van der Waals surface area contributed by atoms with Gasteiger partial charge in [-0.2, -0.15) is 0 Å². The lowest BCUT2D eigenvalue weighted by molar-refractivity contribution is 0.943. The third-order valence-electron chi connectivity index (χ3n) is 2.72. The molecule has 0 saturated carbocycles. The van der Waals surface area contributed by atoms with Crippen LogP contribution in [-0.2, 0) is 12.8 Å². The molecule has 0 amide bonds. The zero-order valence-corrected chi connectivity index (χ0v) is 10.8. The van der Waals surface area contributed by atoms with E-state index < -0.39 is 0 Å². The zero-order chi connectivity index (χ0) is 12.3. The first-order valence-corrected chi connectivity index (χ1v) is 6.23. The van der Waals surface area contributed by atoms with Crippen molar-refractivity contribution in [3.8, 4) is 11.3 Å². The Morgan fingerprint density at radius 2 is 1.71 bits per heavy atom. The Bertz CT molecular complexity index is 506.